The summed E-state index contributed by atoms with van der Waals surface area (Å²) in [5.74, 6) is -0.772. The van der Waals surface area contributed by atoms with Crippen LogP contribution in [0.4, 0.5) is 52.7 Å². The van der Waals surface area contributed by atoms with Gasteiger partial charge in [-0.25, -0.2) is 0 Å². The summed E-state index contributed by atoms with van der Waals surface area (Å²) in [6.45, 7) is 7.57. The van der Waals surface area contributed by atoms with E-state index in [2.05, 4.69) is 0 Å². The summed E-state index contributed by atoms with van der Waals surface area (Å²) in [5.41, 5.74) is -3.21. The van der Waals surface area contributed by atoms with Gasteiger partial charge in [0.25, 0.3) is 0 Å². The number of halogens is 12. The number of rotatable bonds is 7. The Labute approximate surface area is 294 Å². The lowest BCUT2D eigenvalue weighted by Gasteiger charge is -2.30. The summed E-state index contributed by atoms with van der Waals surface area (Å²) in [6.07, 6.45) is -16.5. The van der Waals surface area contributed by atoms with Crippen molar-refractivity contribution in [2.75, 3.05) is 6.16 Å². The largest absolute Gasteiger partial charge is 0.416 e. The molecule has 0 saturated heterocycles. The first kappa shape index (κ1) is 39.6. The molecule has 1 aliphatic carbocycles. The Balaban J connectivity index is 1.77. The summed E-state index contributed by atoms with van der Waals surface area (Å²) in [5, 5.41) is 0.547. The molecule has 1 unspecified atom stereocenters. The fourth-order valence-electron chi connectivity index (χ4n) is 6.26. The molecule has 1 aliphatic rings. The lowest BCUT2D eigenvalue weighted by atomic mass is 10.1. The Kier molecular flexibility index (Phi) is 10.9. The molecule has 0 aliphatic heterocycles. The quantitative estimate of drug-likeness (QED) is 0.130. The van der Waals surface area contributed by atoms with E-state index >= 15 is 0 Å². The molecule has 0 bridgehead atoms. The van der Waals surface area contributed by atoms with Crippen molar-refractivity contribution in [3.8, 4) is 0 Å². The minimum absolute atomic E-state index is 0.121. The fraction of sp³-hybridized carbons (Fsp3) is 0.263. The highest BCUT2D eigenvalue weighted by Crippen LogP contribution is 2.54. The van der Waals surface area contributed by atoms with Gasteiger partial charge in [0, 0.05) is 5.92 Å². The Hall–Kier alpha value is -3.62. The molecule has 4 aromatic carbocycles. The molecule has 0 spiro atoms. The van der Waals surface area contributed by atoms with Crippen LogP contribution < -0.4 is 21.2 Å². The van der Waals surface area contributed by atoms with Crippen LogP contribution in [0, 0.1) is 33.6 Å². The first-order chi connectivity index (χ1) is 23.9. The van der Waals surface area contributed by atoms with Gasteiger partial charge in [-0.15, -0.1) is 0 Å². The Morgan fingerprint density at radius 2 is 0.769 bits per heavy atom. The first-order valence-corrected chi connectivity index (χ1v) is 18.5. The van der Waals surface area contributed by atoms with Gasteiger partial charge in [-0.2, -0.15) is 52.7 Å². The first-order valence-electron chi connectivity index (χ1n) is 15.6. The van der Waals surface area contributed by atoms with Gasteiger partial charge in [0.05, 0.1) is 22.3 Å². The van der Waals surface area contributed by atoms with Gasteiger partial charge >= 0.3 is 24.7 Å². The van der Waals surface area contributed by atoms with Crippen molar-refractivity contribution in [1.82, 2.24) is 0 Å². The van der Waals surface area contributed by atoms with Crippen LogP contribution in [0.3, 0.4) is 0 Å². The number of alkyl halides is 12. The van der Waals surface area contributed by atoms with Crippen molar-refractivity contribution in [2.24, 2.45) is 5.92 Å². The summed E-state index contributed by atoms with van der Waals surface area (Å²) >= 11 is 0. The second kappa shape index (κ2) is 14.3. The van der Waals surface area contributed by atoms with E-state index in [0.29, 0.717) is 24.3 Å². The van der Waals surface area contributed by atoms with Gasteiger partial charge < -0.3 is 0 Å². The molecule has 4 aromatic rings. The number of allylic oxidation sites excluding steroid dienone is 4. The topological polar surface area (TPSA) is 0 Å². The van der Waals surface area contributed by atoms with E-state index in [4.69, 9.17) is 0 Å². The lowest BCUT2D eigenvalue weighted by Crippen LogP contribution is -2.25. The van der Waals surface area contributed by atoms with E-state index < -0.39 is 79.3 Å². The summed E-state index contributed by atoms with van der Waals surface area (Å²) < 4.78 is 169. The summed E-state index contributed by atoms with van der Waals surface area (Å²) in [7, 11) is -4.15. The van der Waals surface area contributed by atoms with E-state index in [1.807, 2.05) is 64.1 Å². The zero-order valence-electron chi connectivity index (χ0n) is 27.9. The molecule has 5 rings (SSSR count). The van der Waals surface area contributed by atoms with E-state index in [1.54, 1.807) is 6.08 Å². The molecular weight excluding hydrogens is 746 g/mol. The average Bonchev–Trinajstić information content (AvgIpc) is 3.44. The van der Waals surface area contributed by atoms with Gasteiger partial charge in [-0.05, 0) is 113 Å². The van der Waals surface area contributed by atoms with Crippen LogP contribution in [0.5, 0.6) is 0 Å². The maximum absolute atomic E-state index is 14.1. The van der Waals surface area contributed by atoms with Gasteiger partial charge in [0.1, 0.15) is 0 Å². The monoisotopic (exact) mass is 776 g/mol. The minimum atomic E-state index is -5.32. The van der Waals surface area contributed by atoms with Crippen LogP contribution in [-0.2, 0) is 24.7 Å². The Morgan fingerprint density at radius 1 is 0.442 bits per heavy atom. The molecule has 52 heavy (non-hydrogen) atoms. The van der Waals surface area contributed by atoms with Crippen LogP contribution in [-0.4, -0.2) is 6.16 Å². The molecule has 0 nitrogen and oxygen atoms in total. The number of hydrogen-bond acceptors (Lipinski definition) is 0. The fourth-order valence-corrected chi connectivity index (χ4v) is 12.0. The zero-order valence-corrected chi connectivity index (χ0v) is 29.7. The van der Waals surface area contributed by atoms with Crippen LogP contribution in [0.2, 0.25) is 0 Å². The summed E-state index contributed by atoms with van der Waals surface area (Å²) in [4.78, 5) is 0. The Bertz CT molecular complexity index is 1800. The van der Waals surface area contributed by atoms with E-state index in [-0.39, 0.29) is 23.6 Å². The van der Waals surface area contributed by atoms with Gasteiger partial charge in [-0.1, -0.05) is 76.9 Å². The summed E-state index contributed by atoms with van der Waals surface area (Å²) in [6, 6.07) is 13.1. The van der Waals surface area contributed by atoms with Crippen LogP contribution in [0.15, 0.2) is 96.3 Å². The normalized spacial score (nSPS) is 15.6. The van der Waals surface area contributed by atoms with Crippen molar-refractivity contribution in [3.63, 3.8) is 0 Å². The molecule has 0 radical (unpaired) electrons. The highest BCUT2D eigenvalue weighted by molar-refractivity contribution is 7.77. The highest BCUT2D eigenvalue weighted by atomic mass is 31.1. The van der Waals surface area contributed by atoms with E-state index in [9.17, 15) is 52.7 Å². The predicted octanol–water partition coefficient (Wildman–Crippen LogP) is 11.6. The molecule has 14 heteroatoms. The average molecular weight is 777 g/mol. The van der Waals surface area contributed by atoms with Crippen molar-refractivity contribution >= 4 is 37.1 Å². The van der Waals surface area contributed by atoms with Crippen molar-refractivity contribution < 1.29 is 52.7 Å². The molecule has 0 amide bonds. The second-order valence-electron chi connectivity index (χ2n) is 12.7. The highest BCUT2D eigenvalue weighted by Gasteiger charge is 2.41. The van der Waals surface area contributed by atoms with Gasteiger partial charge in [0.15, 0.2) is 0 Å². The molecule has 0 aromatic heterocycles. The predicted molar refractivity (Wildman–Crippen MR) is 183 cm³/mol. The Morgan fingerprint density at radius 3 is 1.08 bits per heavy atom. The molecule has 0 heterocycles. The number of benzene rings is 4. The SMILES string of the molecule is Cc1cc(C)cc(P(CC2C=CC=C2P(c2cc(C(F)(F)F)cc(C(F)(F)F)c2)c2cc(C(F)(F)F)cc(C(F)(F)F)c2)c2cc(C)cc(C)c2)c1. The third-order valence-corrected chi connectivity index (χ3v) is 13.4. The van der Waals surface area contributed by atoms with E-state index in [0.717, 1.165) is 32.9 Å². The van der Waals surface area contributed by atoms with Crippen molar-refractivity contribution in [2.45, 2.75) is 52.4 Å². The van der Waals surface area contributed by atoms with Crippen molar-refractivity contribution in [3.05, 3.63) is 141 Å². The lowest BCUT2D eigenvalue weighted by molar-refractivity contribution is -0.144. The van der Waals surface area contributed by atoms with Crippen molar-refractivity contribution in [1.29, 1.82) is 0 Å². The maximum atomic E-state index is 14.1. The third-order valence-electron chi connectivity index (χ3n) is 8.33. The minimum Gasteiger partial charge on any atom is -0.166 e. The zero-order chi connectivity index (χ0) is 38.6. The molecule has 0 fully saturated rings. The number of hydrogen-bond donors (Lipinski definition) is 0. The second-order valence-corrected chi connectivity index (χ2v) is 17.2. The van der Waals surface area contributed by atoms with Crippen LogP contribution >= 0.6 is 15.8 Å². The van der Waals surface area contributed by atoms with Gasteiger partial charge in [-0.3, -0.25) is 0 Å². The smallest absolute Gasteiger partial charge is 0.166 e. The van der Waals surface area contributed by atoms with Crippen LogP contribution in [0.25, 0.3) is 0 Å². The van der Waals surface area contributed by atoms with Gasteiger partial charge in [0.2, 0.25) is 0 Å². The standard InChI is InChI=1S/C38H30F12P2/c1-21-8-22(2)11-30(10-21)51(31-12-23(3)9-24(4)13-31)20-25-6-5-7-34(25)52(32-16-26(35(39,40)41)14-27(17-32)36(42,43)44)33-18-28(37(45,46)47)15-29(19-33)38(48,49)50/h5-19,25H,20H2,1-4H3. The number of aryl methyl sites for hydroxylation is 4. The molecule has 1 atom stereocenters. The molecular formula is C38H30F12P2. The van der Waals surface area contributed by atoms with Crippen LogP contribution in [0.1, 0.15) is 44.5 Å². The molecule has 0 N–H and O–H groups in total. The molecule has 0 saturated carbocycles. The van der Waals surface area contributed by atoms with E-state index in [1.165, 1.54) is 12.2 Å². The molecule has 276 valence electrons. The maximum Gasteiger partial charge on any atom is 0.416 e. The third kappa shape index (κ3) is 9.11.